The maximum atomic E-state index is 12.6. The summed E-state index contributed by atoms with van der Waals surface area (Å²) in [5.41, 5.74) is 0.177. The van der Waals surface area contributed by atoms with Crippen molar-refractivity contribution in [1.29, 1.82) is 0 Å². The molecule has 1 aliphatic heterocycles. The van der Waals surface area contributed by atoms with Gasteiger partial charge in [0.2, 0.25) is 5.95 Å². The van der Waals surface area contributed by atoms with E-state index >= 15 is 0 Å². The lowest BCUT2D eigenvalue weighted by Crippen LogP contribution is -2.24. The zero-order valence-electron chi connectivity index (χ0n) is 10.8. The van der Waals surface area contributed by atoms with Crippen molar-refractivity contribution in [3.63, 3.8) is 0 Å². The Labute approximate surface area is 113 Å². The lowest BCUT2D eigenvalue weighted by Gasteiger charge is -2.25. The van der Waals surface area contributed by atoms with E-state index in [1.54, 1.807) is 11.6 Å². The molecule has 4 nitrogen and oxygen atoms in total. The molecule has 1 unspecified atom stereocenters. The summed E-state index contributed by atoms with van der Waals surface area (Å²) in [6.45, 7) is 2.51. The minimum absolute atomic E-state index is 0.0743. The van der Waals surface area contributed by atoms with E-state index in [0.29, 0.717) is 11.8 Å². The molecule has 2 aromatic rings. The van der Waals surface area contributed by atoms with Gasteiger partial charge in [0, 0.05) is 6.54 Å². The number of aryl methyl sites for hydroxylation is 1. The molecule has 1 aromatic carbocycles. The Bertz CT molecular complexity index is 616. The molecular formula is C13H13F3N4. The van der Waals surface area contributed by atoms with Crippen molar-refractivity contribution in [2.75, 3.05) is 11.9 Å². The summed E-state index contributed by atoms with van der Waals surface area (Å²) in [4.78, 5) is 4.24. The monoisotopic (exact) mass is 282 g/mol. The fourth-order valence-electron chi connectivity index (χ4n) is 2.41. The lowest BCUT2D eigenvalue weighted by molar-refractivity contribution is -0.137. The van der Waals surface area contributed by atoms with Crippen LogP contribution in [-0.2, 0) is 6.18 Å². The zero-order chi connectivity index (χ0) is 14.3. The Balaban J connectivity index is 1.94. The van der Waals surface area contributed by atoms with Crippen molar-refractivity contribution in [3.05, 3.63) is 41.2 Å². The lowest BCUT2D eigenvalue weighted by atomic mass is 10.0. The van der Waals surface area contributed by atoms with Crippen molar-refractivity contribution < 1.29 is 13.2 Å². The zero-order valence-corrected chi connectivity index (χ0v) is 10.8. The van der Waals surface area contributed by atoms with Gasteiger partial charge in [0.05, 0.1) is 11.6 Å². The second kappa shape index (κ2) is 4.50. The number of aromatic nitrogens is 3. The van der Waals surface area contributed by atoms with Crippen LogP contribution in [0.4, 0.5) is 19.1 Å². The summed E-state index contributed by atoms with van der Waals surface area (Å²) in [5.74, 6) is 1.31. The molecule has 1 N–H and O–H groups in total. The van der Waals surface area contributed by atoms with Gasteiger partial charge in [-0.1, -0.05) is 12.1 Å². The van der Waals surface area contributed by atoms with Gasteiger partial charge < -0.3 is 5.32 Å². The predicted molar refractivity (Wildman–Crippen MR) is 67.4 cm³/mol. The molecule has 0 saturated carbocycles. The van der Waals surface area contributed by atoms with Crippen LogP contribution in [0.25, 0.3) is 0 Å². The second-order valence-electron chi connectivity index (χ2n) is 4.78. The first kappa shape index (κ1) is 13.0. The van der Waals surface area contributed by atoms with Gasteiger partial charge in [-0.3, -0.25) is 0 Å². The van der Waals surface area contributed by atoms with Gasteiger partial charge in [-0.05, 0) is 31.0 Å². The van der Waals surface area contributed by atoms with Crippen LogP contribution in [-0.4, -0.2) is 21.3 Å². The molecule has 0 amide bonds. The normalized spacial score (nSPS) is 18.5. The minimum atomic E-state index is -4.30. The molecule has 0 saturated heterocycles. The molecule has 7 heteroatoms. The summed E-state index contributed by atoms with van der Waals surface area (Å²) in [6.07, 6.45) is -3.54. The van der Waals surface area contributed by atoms with Gasteiger partial charge in [-0.15, -0.1) is 0 Å². The third-order valence-corrected chi connectivity index (χ3v) is 3.36. The fourth-order valence-corrected chi connectivity index (χ4v) is 2.41. The van der Waals surface area contributed by atoms with E-state index in [1.807, 2.05) is 0 Å². The van der Waals surface area contributed by atoms with E-state index in [0.717, 1.165) is 30.7 Å². The number of hydrogen-bond acceptors (Lipinski definition) is 3. The molecular weight excluding hydrogens is 269 g/mol. The van der Waals surface area contributed by atoms with Crippen LogP contribution in [0.3, 0.4) is 0 Å². The van der Waals surface area contributed by atoms with Gasteiger partial charge in [0.15, 0.2) is 0 Å². The van der Waals surface area contributed by atoms with Gasteiger partial charge in [0.25, 0.3) is 0 Å². The maximum Gasteiger partial charge on any atom is 0.416 e. The Hall–Kier alpha value is -2.05. The Morgan fingerprint density at radius 3 is 2.60 bits per heavy atom. The number of alkyl halides is 3. The molecule has 0 bridgehead atoms. The van der Waals surface area contributed by atoms with Crippen molar-refractivity contribution >= 4 is 5.95 Å². The number of halogens is 3. The van der Waals surface area contributed by atoms with E-state index in [-0.39, 0.29) is 6.04 Å². The van der Waals surface area contributed by atoms with Gasteiger partial charge >= 0.3 is 6.18 Å². The van der Waals surface area contributed by atoms with Gasteiger partial charge in [0.1, 0.15) is 5.82 Å². The first-order valence-electron chi connectivity index (χ1n) is 6.29. The SMILES string of the molecule is Cc1nc2n(n1)C(c1ccc(C(F)(F)F)cc1)CCN2. The van der Waals surface area contributed by atoms with E-state index in [9.17, 15) is 13.2 Å². The second-order valence-corrected chi connectivity index (χ2v) is 4.78. The fraction of sp³-hybridized carbons (Fsp3) is 0.385. The van der Waals surface area contributed by atoms with Crippen molar-refractivity contribution in [2.24, 2.45) is 0 Å². The van der Waals surface area contributed by atoms with Crippen LogP contribution < -0.4 is 5.32 Å². The van der Waals surface area contributed by atoms with Crippen molar-refractivity contribution in [3.8, 4) is 0 Å². The Morgan fingerprint density at radius 2 is 1.95 bits per heavy atom. The highest BCUT2D eigenvalue weighted by Crippen LogP contribution is 2.32. The van der Waals surface area contributed by atoms with Crippen LogP contribution >= 0.6 is 0 Å². The standard InChI is InChI=1S/C13H13F3N4/c1-8-18-12-17-7-6-11(20(12)19-8)9-2-4-10(5-3-9)13(14,15)16/h2-5,11H,6-7H2,1H3,(H,17,18,19). The number of rotatable bonds is 1. The van der Waals surface area contributed by atoms with Crippen LogP contribution in [0.2, 0.25) is 0 Å². The molecule has 1 aromatic heterocycles. The van der Waals surface area contributed by atoms with E-state index in [2.05, 4.69) is 15.4 Å². The van der Waals surface area contributed by atoms with Gasteiger partial charge in [-0.2, -0.15) is 23.3 Å². The third-order valence-electron chi connectivity index (χ3n) is 3.36. The average molecular weight is 282 g/mol. The summed E-state index contributed by atoms with van der Waals surface area (Å²) < 4.78 is 39.4. The van der Waals surface area contributed by atoms with Crippen LogP contribution in [0.5, 0.6) is 0 Å². The maximum absolute atomic E-state index is 12.6. The quantitative estimate of drug-likeness (QED) is 0.874. The molecule has 1 atom stereocenters. The largest absolute Gasteiger partial charge is 0.416 e. The van der Waals surface area contributed by atoms with Crippen molar-refractivity contribution in [2.45, 2.75) is 25.6 Å². The first-order valence-corrected chi connectivity index (χ1v) is 6.29. The number of anilines is 1. The number of benzene rings is 1. The van der Waals surface area contributed by atoms with E-state index < -0.39 is 11.7 Å². The first-order chi connectivity index (χ1) is 9.45. The molecule has 0 spiro atoms. The molecule has 3 rings (SSSR count). The van der Waals surface area contributed by atoms with E-state index in [1.165, 1.54) is 12.1 Å². The number of fused-ring (bicyclic) bond motifs is 1. The Kier molecular flexibility index (Phi) is 2.92. The molecule has 1 aliphatic rings. The summed E-state index contributed by atoms with van der Waals surface area (Å²) in [5, 5.41) is 7.43. The predicted octanol–water partition coefficient (Wildman–Crippen LogP) is 3.01. The third kappa shape index (κ3) is 2.23. The van der Waals surface area contributed by atoms with Crippen LogP contribution in [0.1, 0.15) is 29.4 Å². The smallest absolute Gasteiger partial charge is 0.354 e. The number of nitrogens with zero attached hydrogens (tertiary/aromatic N) is 3. The molecule has 20 heavy (non-hydrogen) atoms. The number of nitrogens with one attached hydrogen (secondary N) is 1. The molecule has 0 radical (unpaired) electrons. The van der Waals surface area contributed by atoms with E-state index in [4.69, 9.17) is 0 Å². The van der Waals surface area contributed by atoms with Crippen LogP contribution in [0.15, 0.2) is 24.3 Å². The molecule has 2 heterocycles. The molecule has 0 aliphatic carbocycles. The summed E-state index contributed by atoms with van der Waals surface area (Å²) in [6, 6.07) is 5.18. The highest BCUT2D eigenvalue weighted by atomic mass is 19.4. The molecule has 0 fully saturated rings. The Morgan fingerprint density at radius 1 is 1.25 bits per heavy atom. The minimum Gasteiger partial charge on any atom is -0.354 e. The van der Waals surface area contributed by atoms with Crippen molar-refractivity contribution in [1.82, 2.24) is 14.8 Å². The van der Waals surface area contributed by atoms with Gasteiger partial charge in [-0.25, -0.2) is 4.68 Å². The number of hydrogen-bond donors (Lipinski definition) is 1. The highest BCUT2D eigenvalue weighted by Gasteiger charge is 2.31. The summed E-state index contributed by atoms with van der Waals surface area (Å²) in [7, 11) is 0. The average Bonchev–Trinajstić information content (AvgIpc) is 2.78. The molecule has 106 valence electrons. The topological polar surface area (TPSA) is 42.7 Å². The summed E-state index contributed by atoms with van der Waals surface area (Å²) >= 11 is 0. The van der Waals surface area contributed by atoms with Crippen LogP contribution in [0, 0.1) is 6.92 Å². The highest BCUT2D eigenvalue weighted by molar-refractivity contribution is 5.34.